The number of nitrogens with zero attached hydrogens (tertiary/aromatic N) is 3. The summed E-state index contributed by atoms with van der Waals surface area (Å²) in [7, 11) is 1.76. The summed E-state index contributed by atoms with van der Waals surface area (Å²) >= 11 is 0. The van der Waals surface area contributed by atoms with Crippen molar-refractivity contribution in [2.75, 3.05) is 31.6 Å². The number of hydrogen-bond acceptors (Lipinski definition) is 5. The molecule has 2 heterocycles. The van der Waals surface area contributed by atoms with Crippen molar-refractivity contribution in [3.8, 4) is 5.75 Å². The highest BCUT2D eigenvalue weighted by atomic mass is 19.3. The summed E-state index contributed by atoms with van der Waals surface area (Å²) in [6.07, 6.45) is 2.88. The number of guanidine groups is 1. The Morgan fingerprint density at radius 1 is 1.33 bits per heavy atom. The van der Waals surface area contributed by atoms with E-state index in [2.05, 4.69) is 30.4 Å². The van der Waals surface area contributed by atoms with Crippen LogP contribution in [0.2, 0.25) is 0 Å². The van der Waals surface area contributed by atoms with Crippen molar-refractivity contribution < 1.29 is 18.0 Å². The summed E-state index contributed by atoms with van der Waals surface area (Å²) < 4.78 is 34.3. The van der Waals surface area contributed by atoms with Crippen molar-refractivity contribution >= 4 is 11.6 Å². The lowest BCUT2D eigenvalue weighted by molar-refractivity contribution is -0.0498. The number of ether oxygens (including phenoxy) is 1. The minimum atomic E-state index is -2.81. The second kappa shape index (κ2) is 10.3. The van der Waals surface area contributed by atoms with Gasteiger partial charge in [-0.2, -0.15) is 8.78 Å². The molecule has 0 amide bonds. The Bertz CT molecular complexity index is 819. The number of aliphatic imine (C=N–C) groups is 1. The lowest BCUT2D eigenvalue weighted by Gasteiger charge is -2.35. The van der Waals surface area contributed by atoms with Crippen LogP contribution in [-0.4, -0.2) is 50.5 Å². The van der Waals surface area contributed by atoms with Gasteiger partial charge >= 0.3 is 6.61 Å². The van der Waals surface area contributed by atoms with Crippen LogP contribution in [0.5, 0.6) is 5.75 Å². The molecule has 1 aliphatic heterocycles. The fourth-order valence-electron chi connectivity index (χ4n) is 3.72. The molecule has 0 radical (unpaired) electrons. The molecule has 1 unspecified atom stereocenters. The molecule has 30 heavy (non-hydrogen) atoms. The lowest BCUT2D eigenvalue weighted by atomic mass is 10.0. The van der Waals surface area contributed by atoms with Gasteiger partial charge in [0.25, 0.3) is 0 Å². The number of rotatable bonds is 7. The molecule has 1 aliphatic rings. The first-order chi connectivity index (χ1) is 14.5. The SMILES string of the molecule is CN=C(NCCc1c(C)noc1C)NC1CCCN(c2ccc(OC(F)F)cc2)C1. The molecule has 1 aromatic heterocycles. The van der Waals surface area contributed by atoms with Crippen LogP contribution in [0.15, 0.2) is 33.8 Å². The van der Waals surface area contributed by atoms with Crippen molar-refractivity contribution in [3.63, 3.8) is 0 Å². The standard InChI is InChI=1S/C21H29F2N5O2/c1-14-19(15(2)30-27-14)10-11-25-21(24-3)26-16-5-4-12-28(13-16)17-6-8-18(9-7-17)29-20(22)23/h6-9,16,20H,4-5,10-13H2,1-3H3,(H2,24,25,26). The predicted octanol–water partition coefficient (Wildman–Crippen LogP) is 3.27. The maximum atomic E-state index is 12.3. The predicted molar refractivity (Wildman–Crippen MR) is 112 cm³/mol. The fourth-order valence-corrected chi connectivity index (χ4v) is 3.72. The Labute approximate surface area is 175 Å². The van der Waals surface area contributed by atoms with E-state index in [9.17, 15) is 8.78 Å². The smallest absolute Gasteiger partial charge is 0.387 e. The molecule has 1 saturated heterocycles. The highest BCUT2D eigenvalue weighted by Crippen LogP contribution is 2.24. The van der Waals surface area contributed by atoms with Crippen LogP contribution in [-0.2, 0) is 6.42 Å². The van der Waals surface area contributed by atoms with Gasteiger partial charge in [-0.1, -0.05) is 5.16 Å². The van der Waals surface area contributed by atoms with Gasteiger partial charge in [-0.15, -0.1) is 0 Å². The minimum Gasteiger partial charge on any atom is -0.435 e. The molecule has 164 valence electrons. The molecule has 0 saturated carbocycles. The van der Waals surface area contributed by atoms with Crippen LogP contribution in [0.4, 0.5) is 14.5 Å². The Kier molecular flexibility index (Phi) is 7.48. The summed E-state index contributed by atoms with van der Waals surface area (Å²) in [5, 5.41) is 10.8. The van der Waals surface area contributed by atoms with Gasteiger partial charge in [0.15, 0.2) is 5.96 Å². The average molecular weight is 421 g/mol. The third-order valence-corrected chi connectivity index (χ3v) is 5.26. The van der Waals surface area contributed by atoms with Gasteiger partial charge in [-0.3, -0.25) is 4.99 Å². The Morgan fingerprint density at radius 3 is 2.73 bits per heavy atom. The zero-order valence-electron chi connectivity index (χ0n) is 17.6. The first kappa shape index (κ1) is 21.9. The normalized spacial score (nSPS) is 17.3. The van der Waals surface area contributed by atoms with E-state index in [0.717, 1.165) is 67.6 Å². The highest BCUT2D eigenvalue weighted by molar-refractivity contribution is 5.80. The lowest BCUT2D eigenvalue weighted by Crippen LogP contribution is -2.51. The highest BCUT2D eigenvalue weighted by Gasteiger charge is 2.21. The topological polar surface area (TPSA) is 74.9 Å². The van der Waals surface area contributed by atoms with Gasteiger partial charge in [-0.05, 0) is 57.4 Å². The summed E-state index contributed by atoms with van der Waals surface area (Å²) in [6, 6.07) is 7.02. The van der Waals surface area contributed by atoms with Crippen molar-refractivity contribution in [1.29, 1.82) is 0 Å². The van der Waals surface area contributed by atoms with Gasteiger partial charge in [-0.25, -0.2) is 0 Å². The van der Waals surface area contributed by atoms with E-state index in [1.807, 2.05) is 26.0 Å². The second-order valence-electron chi connectivity index (χ2n) is 7.35. The first-order valence-corrected chi connectivity index (χ1v) is 10.1. The number of hydrogen-bond donors (Lipinski definition) is 2. The third kappa shape index (κ3) is 5.84. The molecular weight excluding hydrogens is 392 g/mol. The molecular formula is C21H29F2N5O2. The number of nitrogens with one attached hydrogen (secondary N) is 2. The molecule has 1 aromatic carbocycles. The van der Waals surface area contributed by atoms with E-state index >= 15 is 0 Å². The van der Waals surface area contributed by atoms with E-state index in [1.165, 1.54) is 0 Å². The quantitative estimate of drug-likeness (QED) is 0.528. The number of aromatic nitrogens is 1. The van der Waals surface area contributed by atoms with E-state index in [0.29, 0.717) is 0 Å². The molecule has 3 rings (SSSR count). The molecule has 0 bridgehead atoms. The zero-order valence-corrected chi connectivity index (χ0v) is 17.6. The Hall–Kier alpha value is -2.84. The van der Waals surface area contributed by atoms with Crippen molar-refractivity contribution in [2.45, 2.75) is 45.8 Å². The molecule has 1 atom stereocenters. The van der Waals surface area contributed by atoms with Gasteiger partial charge in [0.1, 0.15) is 11.5 Å². The summed E-state index contributed by atoms with van der Waals surface area (Å²) in [5.74, 6) is 1.78. The third-order valence-electron chi connectivity index (χ3n) is 5.26. The van der Waals surface area contributed by atoms with Crippen LogP contribution in [0.3, 0.4) is 0 Å². The molecule has 2 aromatic rings. The van der Waals surface area contributed by atoms with Gasteiger partial charge in [0, 0.05) is 44.0 Å². The number of anilines is 1. The fraction of sp³-hybridized carbons (Fsp3) is 0.524. The second-order valence-corrected chi connectivity index (χ2v) is 7.35. The van der Waals surface area contributed by atoms with E-state index in [-0.39, 0.29) is 11.8 Å². The van der Waals surface area contributed by atoms with Crippen molar-refractivity contribution in [3.05, 3.63) is 41.3 Å². The van der Waals surface area contributed by atoms with Crippen LogP contribution in [0.25, 0.3) is 0 Å². The number of halogens is 2. The monoisotopic (exact) mass is 421 g/mol. The van der Waals surface area contributed by atoms with Gasteiger partial charge in [0.05, 0.1) is 5.69 Å². The summed E-state index contributed by atoms with van der Waals surface area (Å²) in [5.41, 5.74) is 3.04. The number of benzene rings is 1. The van der Waals surface area contributed by atoms with Crippen molar-refractivity contribution in [1.82, 2.24) is 15.8 Å². The zero-order chi connectivity index (χ0) is 21.5. The molecule has 1 fully saturated rings. The molecule has 0 spiro atoms. The Balaban J connectivity index is 1.50. The molecule has 9 heteroatoms. The molecule has 7 nitrogen and oxygen atoms in total. The minimum absolute atomic E-state index is 0.170. The van der Waals surface area contributed by atoms with Crippen LogP contribution >= 0.6 is 0 Å². The van der Waals surface area contributed by atoms with Crippen molar-refractivity contribution in [2.24, 2.45) is 4.99 Å². The van der Waals surface area contributed by atoms with Crippen LogP contribution < -0.4 is 20.3 Å². The molecule has 2 N–H and O–H groups in total. The number of alkyl halides is 2. The number of piperidine rings is 1. The van der Waals surface area contributed by atoms with E-state index < -0.39 is 6.61 Å². The Morgan fingerprint density at radius 2 is 2.10 bits per heavy atom. The number of aryl methyl sites for hydroxylation is 2. The average Bonchev–Trinajstić information content (AvgIpc) is 3.05. The van der Waals surface area contributed by atoms with E-state index in [1.54, 1.807) is 19.2 Å². The maximum Gasteiger partial charge on any atom is 0.387 e. The maximum absolute atomic E-state index is 12.3. The van der Waals surface area contributed by atoms with Crippen LogP contribution in [0.1, 0.15) is 29.9 Å². The van der Waals surface area contributed by atoms with Gasteiger partial charge in [0.2, 0.25) is 0 Å². The van der Waals surface area contributed by atoms with E-state index in [4.69, 9.17) is 4.52 Å². The van der Waals surface area contributed by atoms with Crippen LogP contribution in [0, 0.1) is 13.8 Å². The first-order valence-electron chi connectivity index (χ1n) is 10.1. The van der Waals surface area contributed by atoms with Gasteiger partial charge < -0.3 is 24.8 Å². The molecule has 0 aliphatic carbocycles. The summed E-state index contributed by atoms with van der Waals surface area (Å²) in [4.78, 5) is 6.57. The summed E-state index contributed by atoms with van der Waals surface area (Å²) in [6.45, 7) is 3.51. The largest absolute Gasteiger partial charge is 0.435 e.